The number of nitrogens with one attached hydrogen (secondary N) is 1. The third-order valence-electron chi connectivity index (χ3n) is 7.61. The van der Waals surface area contributed by atoms with Crippen LogP contribution < -0.4 is 4.72 Å². The molecule has 9 heteroatoms. The lowest BCUT2D eigenvalue weighted by molar-refractivity contribution is 0.123. The highest BCUT2D eigenvalue weighted by atomic mass is 32.2. The zero-order valence-electron chi connectivity index (χ0n) is 24.0. The van der Waals surface area contributed by atoms with Crippen molar-refractivity contribution < 1.29 is 26.8 Å². The maximum atomic E-state index is 13.9. The summed E-state index contributed by atoms with van der Waals surface area (Å²) >= 11 is 0. The van der Waals surface area contributed by atoms with Gasteiger partial charge in [0.1, 0.15) is 11.3 Å². The molecule has 6 rings (SSSR count). The van der Waals surface area contributed by atoms with E-state index in [1.165, 1.54) is 12.1 Å². The maximum absolute atomic E-state index is 13.9. The second-order valence-electron chi connectivity index (χ2n) is 10.5. The Labute approximate surface area is 256 Å². The molecule has 1 aromatic heterocycles. The fourth-order valence-corrected chi connectivity index (χ4v) is 7.31. The van der Waals surface area contributed by atoms with Crippen LogP contribution in [0.4, 0.5) is 5.69 Å². The van der Waals surface area contributed by atoms with E-state index in [1.54, 1.807) is 60.7 Å². The molecule has 1 heterocycles. The van der Waals surface area contributed by atoms with E-state index in [1.807, 2.05) is 68.4 Å². The Morgan fingerprint density at radius 3 is 2.09 bits per heavy atom. The van der Waals surface area contributed by atoms with Crippen molar-refractivity contribution in [3.63, 3.8) is 0 Å². The van der Waals surface area contributed by atoms with Crippen LogP contribution in [0, 0.1) is 13.8 Å². The van der Waals surface area contributed by atoms with E-state index in [9.17, 15) is 17.9 Å². The number of furan rings is 1. The Morgan fingerprint density at radius 1 is 0.773 bits per heavy atom. The monoisotopic (exact) mass is 623 g/mol. The molecule has 0 saturated heterocycles. The summed E-state index contributed by atoms with van der Waals surface area (Å²) in [5.74, 6) is 0.0273. The molecular formula is C35H30NO6PS. The highest BCUT2D eigenvalue weighted by Crippen LogP contribution is 2.54. The van der Waals surface area contributed by atoms with Gasteiger partial charge in [-0.2, -0.15) is 0 Å². The van der Waals surface area contributed by atoms with Crippen molar-refractivity contribution in [3.8, 4) is 11.1 Å². The Balaban J connectivity index is 1.74. The van der Waals surface area contributed by atoms with Gasteiger partial charge in [-0.3, -0.25) is 13.8 Å². The van der Waals surface area contributed by atoms with Crippen LogP contribution in [0.3, 0.4) is 0 Å². The van der Waals surface area contributed by atoms with Gasteiger partial charge in [0.25, 0.3) is 10.0 Å². The molecule has 0 aliphatic carbocycles. The number of fused-ring (bicyclic) bond motifs is 1. The standard InChI is InChI=1S/C35H30NO6PS/c1-24-20-22-28(23-21-24)44(39,40)36-33-30-17-9-10-19-31(30)41-34(33)35(42-43(37)38,27-15-7-4-8-16-27)32-25(2)12-11-18-29(32)26-13-5-3-6-14-26/h3-23,36,43H,1-2H3,(H,37,38). The molecule has 0 saturated carbocycles. The molecule has 2 unspecified atom stereocenters. The van der Waals surface area contributed by atoms with Crippen LogP contribution in [0.5, 0.6) is 0 Å². The van der Waals surface area contributed by atoms with Crippen molar-refractivity contribution in [1.29, 1.82) is 0 Å². The van der Waals surface area contributed by atoms with E-state index in [0.717, 1.165) is 22.3 Å². The molecule has 2 atom stereocenters. The maximum Gasteiger partial charge on any atom is 0.318 e. The smallest absolute Gasteiger partial charge is 0.318 e. The van der Waals surface area contributed by atoms with Crippen molar-refractivity contribution in [2.75, 3.05) is 4.72 Å². The van der Waals surface area contributed by atoms with Crippen molar-refractivity contribution in [3.05, 3.63) is 155 Å². The lowest BCUT2D eigenvalue weighted by Crippen LogP contribution is -2.33. The van der Waals surface area contributed by atoms with Crippen LogP contribution in [0.25, 0.3) is 22.1 Å². The van der Waals surface area contributed by atoms with Gasteiger partial charge in [0.05, 0.1) is 4.90 Å². The summed E-state index contributed by atoms with van der Waals surface area (Å²) in [4.78, 5) is 10.6. The van der Waals surface area contributed by atoms with E-state index in [2.05, 4.69) is 4.72 Å². The number of aryl methyl sites for hydroxylation is 2. The minimum absolute atomic E-state index is 0.0273. The topological polar surface area (TPSA) is 106 Å². The fourth-order valence-electron chi connectivity index (χ4n) is 5.65. The lowest BCUT2D eigenvalue weighted by Gasteiger charge is -2.35. The van der Waals surface area contributed by atoms with Gasteiger partial charge in [-0.15, -0.1) is 0 Å². The summed E-state index contributed by atoms with van der Waals surface area (Å²) in [6.07, 6.45) is 0. The second kappa shape index (κ2) is 11.9. The van der Waals surface area contributed by atoms with Crippen LogP contribution in [0.2, 0.25) is 0 Å². The SMILES string of the molecule is Cc1ccc(S(=O)(=O)Nc2c(C(O[PH](=O)O)(c3ccccc3)c3c(C)cccc3-c3ccccc3)oc3ccccc23)cc1. The molecule has 6 aromatic rings. The predicted molar refractivity (Wildman–Crippen MR) is 173 cm³/mol. The third-order valence-corrected chi connectivity index (χ3v) is 9.46. The second-order valence-corrected chi connectivity index (χ2v) is 12.9. The van der Waals surface area contributed by atoms with E-state index >= 15 is 0 Å². The lowest BCUT2D eigenvalue weighted by atomic mass is 9.77. The summed E-state index contributed by atoms with van der Waals surface area (Å²) < 4.78 is 56.2. The molecule has 0 fully saturated rings. The first-order chi connectivity index (χ1) is 21.2. The van der Waals surface area contributed by atoms with Crippen molar-refractivity contribution in [2.24, 2.45) is 0 Å². The molecule has 2 N–H and O–H groups in total. The van der Waals surface area contributed by atoms with Gasteiger partial charge in [0.2, 0.25) is 0 Å². The quantitative estimate of drug-likeness (QED) is 0.157. The van der Waals surface area contributed by atoms with E-state index in [0.29, 0.717) is 22.1 Å². The highest BCUT2D eigenvalue weighted by molar-refractivity contribution is 7.92. The molecule has 0 aliphatic heterocycles. The molecule has 5 aromatic carbocycles. The molecule has 0 radical (unpaired) electrons. The predicted octanol–water partition coefficient (Wildman–Crippen LogP) is 8.21. The van der Waals surface area contributed by atoms with Gasteiger partial charge in [-0.1, -0.05) is 109 Å². The number of sulfonamides is 1. The first-order valence-corrected chi connectivity index (χ1v) is 16.7. The number of benzene rings is 5. The summed E-state index contributed by atoms with van der Waals surface area (Å²) in [6, 6.07) is 37.8. The van der Waals surface area contributed by atoms with E-state index in [-0.39, 0.29) is 16.3 Å². The molecular weight excluding hydrogens is 593 g/mol. The number of rotatable bonds is 9. The van der Waals surface area contributed by atoms with Crippen molar-refractivity contribution in [1.82, 2.24) is 0 Å². The average molecular weight is 624 g/mol. The average Bonchev–Trinajstić information content (AvgIpc) is 3.39. The molecule has 222 valence electrons. The summed E-state index contributed by atoms with van der Waals surface area (Å²) in [7, 11) is -7.82. The zero-order chi connectivity index (χ0) is 30.9. The van der Waals surface area contributed by atoms with Gasteiger partial charge in [-0.05, 0) is 60.4 Å². The largest absolute Gasteiger partial charge is 0.455 e. The molecule has 0 aliphatic rings. The zero-order valence-corrected chi connectivity index (χ0v) is 25.8. The molecule has 7 nitrogen and oxygen atoms in total. The van der Waals surface area contributed by atoms with Gasteiger partial charge in [0.15, 0.2) is 11.4 Å². The minimum Gasteiger partial charge on any atom is -0.455 e. The van der Waals surface area contributed by atoms with Crippen LogP contribution in [-0.2, 0) is 24.7 Å². The molecule has 0 bridgehead atoms. The third kappa shape index (κ3) is 5.38. The van der Waals surface area contributed by atoms with Crippen LogP contribution >= 0.6 is 8.25 Å². The number of hydrogen-bond donors (Lipinski definition) is 2. The first-order valence-electron chi connectivity index (χ1n) is 13.9. The Bertz CT molecular complexity index is 2080. The number of hydrogen-bond acceptors (Lipinski definition) is 5. The van der Waals surface area contributed by atoms with Crippen LogP contribution in [0.15, 0.2) is 137 Å². The van der Waals surface area contributed by atoms with Crippen LogP contribution in [-0.4, -0.2) is 13.3 Å². The van der Waals surface area contributed by atoms with Gasteiger partial charge >= 0.3 is 8.25 Å². The highest BCUT2D eigenvalue weighted by Gasteiger charge is 2.48. The normalized spacial score (nSPS) is 13.8. The van der Waals surface area contributed by atoms with Gasteiger partial charge in [0, 0.05) is 10.9 Å². The fraction of sp³-hybridized carbons (Fsp3) is 0.0857. The van der Waals surface area contributed by atoms with Gasteiger partial charge in [-0.25, -0.2) is 8.42 Å². The number of para-hydroxylation sites is 1. The summed E-state index contributed by atoms with van der Waals surface area (Å²) in [6.45, 7) is 3.76. The summed E-state index contributed by atoms with van der Waals surface area (Å²) in [5.41, 5.74) is 2.87. The molecule has 0 amide bonds. The van der Waals surface area contributed by atoms with Crippen LogP contribution in [0.1, 0.15) is 28.0 Å². The molecule has 44 heavy (non-hydrogen) atoms. The summed E-state index contributed by atoms with van der Waals surface area (Å²) in [5, 5.41) is 0.467. The number of anilines is 1. The van der Waals surface area contributed by atoms with E-state index < -0.39 is 23.9 Å². The Kier molecular flexibility index (Phi) is 8.01. The minimum atomic E-state index is -4.14. The Hall–Kier alpha value is -4.46. The van der Waals surface area contributed by atoms with Crippen molar-refractivity contribution >= 4 is 34.9 Å². The first kappa shape index (κ1) is 29.6. The van der Waals surface area contributed by atoms with Gasteiger partial charge < -0.3 is 9.31 Å². The van der Waals surface area contributed by atoms with E-state index in [4.69, 9.17) is 8.94 Å². The Morgan fingerprint density at radius 2 is 1.41 bits per heavy atom. The van der Waals surface area contributed by atoms with Crippen molar-refractivity contribution in [2.45, 2.75) is 24.3 Å². The molecule has 0 spiro atoms.